The van der Waals surface area contributed by atoms with Crippen molar-refractivity contribution in [1.82, 2.24) is 4.72 Å². The molecule has 1 amide bonds. The Hall–Kier alpha value is -2.65. The maximum atomic E-state index is 13.3. The Bertz CT molecular complexity index is 946. The van der Waals surface area contributed by atoms with Crippen LogP contribution < -0.4 is 19.5 Å². The molecule has 2 aromatic rings. The molecule has 0 fully saturated rings. The quantitative estimate of drug-likeness (QED) is 0.825. The van der Waals surface area contributed by atoms with Gasteiger partial charge in [0.2, 0.25) is 15.9 Å². The number of rotatable bonds is 5. The number of halogens is 1. The topological polar surface area (TPSA) is 93.7 Å². The molecule has 0 atom stereocenters. The van der Waals surface area contributed by atoms with E-state index in [9.17, 15) is 17.6 Å². The zero-order valence-corrected chi connectivity index (χ0v) is 14.7. The van der Waals surface area contributed by atoms with Crippen LogP contribution in [-0.2, 0) is 14.8 Å². The van der Waals surface area contributed by atoms with Crippen LogP contribution in [0.1, 0.15) is 5.56 Å². The van der Waals surface area contributed by atoms with E-state index < -0.39 is 28.3 Å². The van der Waals surface area contributed by atoms with Gasteiger partial charge in [-0.3, -0.25) is 4.79 Å². The fraction of sp³-hybridized carbons (Fsp3) is 0.235. The Labute approximate surface area is 150 Å². The van der Waals surface area contributed by atoms with Gasteiger partial charge in [-0.25, -0.2) is 17.5 Å². The third-order valence-corrected chi connectivity index (χ3v) is 5.09. The van der Waals surface area contributed by atoms with Gasteiger partial charge in [-0.15, -0.1) is 0 Å². The number of aryl methyl sites for hydroxylation is 1. The van der Waals surface area contributed by atoms with E-state index in [1.54, 1.807) is 18.2 Å². The van der Waals surface area contributed by atoms with Crippen molar-refractivity contribution in [3.63, 3.8) is 0 Å². The molecule has 138 valence electrons. The molecule has 0 aliphatic carbocycles. The van der Waals surface area contributed by atoms with Crippen LogP contribution in [0.25, 0.3) is 0 Å². The second kappa shape index (κ2) is 7.30. The molecule has 26 heavy (non-hydrogen) atoms. The summed E-state index contributed by atoms with van der Waals surface area (Å²) in [4.78, 5) is 11.9. The third kappa shape index (κ3) is 4.12. The average Bonchev–Trinajstić information content (AvgIpc) is 2.62. The van der Waals surface area contributed by atoms with Crippen molar-refractivity contribution in [2.45, 2.75) is 11.8 Å². The van der Waals surface area contributed by atoms with Crippen molar-refractivity contribution in [1.29, 1.82) is 0 Å². The standard InChI is InChI=1S/C17H17FN2O5S/c1-11-8-13(3-4-14(11)18)26(22,23)19-10-17(21)20-12-2-5-15-16(9-12)25-7-6-24-15/h2-5,8-9,19H,6-7,10H2,1H3,(H,20,21). The molecule has 1 aliphatic heterocycles. The van der Waals surface area contributed by atoms with Crippen molar-refractivity contribution in [3.05, 3.63) is 47.8 Å². The third-order valence-electron chi connectivity index (χ3n) is 3.69. The van der Waals surface area contributed by atoms with E-state index in [2.05, 4.69) is 10.0 Å². The predicted octanol–water partition coefficient (Wildman–Crippen LogP) is 1.82. The molecule has 0 saturated heterocycles. The minimum absolute atomic E-state index is 0.108. The molecule has 7 nitrogen and oxygen atoms in total. The lowest BCUT2D eigenvalue weighted by atomic mass is 10.2. The first-order valence-corrected chi connectivity index (χ1v) is 9.29. The monoisotopic (exact) mass is 380 g/mol. The highest BCUT2D eigenvalue weighted by atomic mass is 32.2. The molecular weight excluding hydrogens is 363 g/mol. The highest BCUT2D eigenvalue weighted by Gasteiger charge is 2.17. The molecule has 1 aliphatic rings. The van der Waals surface area contributed by atoms with Crippen LogP contribution in [0.4, 0.5) is 10.1 Å². The number of hydrogen-bond donors (Lipinski definition) is 2. The number of carbonyl (C=O) groups excluding carboxylic acids is 1. The van der Waals surface area contributed by atoms with Crippen LogP contribution >= 0.6 is 0 Å². The number of amides is 1. The first-order valence-electron chi connectivity index (χ1n) is 7.80. The maximum Gasteiger partial charge on any atom is 0.241 e. The Morgan fingerprint density at radius 1 is 1.12 bits per heavy atom. The normalized spacial score (nSPS) is 13.3. The summed E-state index contributed by atoms with van der Waals surface area (Å²) < 4.78 is 50.6. The van der Waals surface area contributed by atoms with Gasteiger partial charge >= 0.3 is 0 Å². The SMILES string of the molecule is Cc1cc(S(=O)(=O)NCC(=O)Nc2ccc3c(c2)OCCO3)ccc1F. The Morgan fingerprint density at radius 2 is 1.85 bits per heavy atom. The summed E-state index contributed by atoms with van der Waals surface area (Å²) in [6, 6.07) is 8.31. The molecule has 0 aromatic heterocycles. The number of benzene rings is 2. The van der Waals surface area contributed by atoms with E-state index in [1.165, 1.54) is 13.0 Å². The van der Waals surface area contributed by atoms with E-state index in [-0.39, 0.29) is 10.5 Å². The van der Waals surface area contributed by atoms with E-state index in [0.717, 1.165) is 12.1 Å². The van der Waals surface area contributed by atoms with E-state index in [1.807, 2.05) is 0 Å². The Morgan fingerprint density at radius 3 is 2.58 bits per heavy atom. The maximum absolute atomic E-state index is 13.3. The van der Waals surface area contributed by atoms with Gasteiger partial charge in [-0.05, 0) is 42.8 Å². The summed E-state index contributed by atoms with van der Waals surface area (Å²) in [5.41, 5.74) is 0.657. The van der Waals surface area contributed by atoms with Crippen molar-refractivity contribution in [2.75, 3.05) is 25.1 Å². The molecule has 0 unspecified atom stereocenters. The second-order valence-corrected chi connectivity index (χ2v) is 7.41. The zero-order valence-electron chi connectivity index (χ0n) is 13.9. The van der Waals surface area contributed by atoms with E-state index in [4.69, 9.17) is 9.47 Å². The number of sulfonamides is 1. The van der Waals surface area contributed by atoms with E-state index >= 15 is 0 Å². The molecule has 0 saturated carbocycles. The molecule has 3 rings (SSSR count). The largest absolute Gasteiger partial charge is 0.486 e. The van der Waals surface area contributed by atoms with Crippen LogP contribution in [0.15, 0.2) is 41.3 Å². The van der Waals surface area contributed by atoms with Crippen LogP contribution in [0.2, 0.25) is 0 Å². The van der Waals surface area contributed by atoms with E-state index in [0.29, 0.717) is 30.4 Å². The number of carbonyl (C=O) groups is 1. The van der Waals surface area contributed by atoms with Crippen LogP contribution in [-0.4, -0.2) is 34.1 Å². The van der Waals surface area contributed by atoms with Crippen molar-refractivity contribution in [2.24, 2.45) is 0 Å². The first kappa shape index (κ1) is 18.2. The molecule has 2 aromatic carbocycles. The fourth-order valence-corrected chi connectivity index (χ4v) is 3.42. The van der Waals surface area contributed by atoms with Gasteiger partial charge in [0.1, 0.15) is 19.0 Å². The van der Waals surface area contributed by atoms with Gasteiger partial charge in [0.25, 0.3) is 0 Å². The lowest BCUT2D eigenvalue weighted by molar-refractivity contribution is -0.115. The Kier molecular flexibility index (Phi) is 5.10. The number of hydrogen-bond acceptors (Lipinski definition) is 5. The molecule has 2 N–H and O–H groups in total. The molecule has 1 heterocycles. The van der Waals surface area contributed by atoms with Crippen molar-refractivity contribution in [3.8, 4) is 11.5 Å². The molecule has 0 spiro atoms. The molecule has 0 bridgehead atoms. The Balaban J connectivity index is 1.62. The highest BCUT2D eigenvalue weighted by molar-refractivity contribution is 7.89. The first-order chi connectivity index (χ1) is 12.3. The number of ether oxygens (including phenoxy) is 2. The van der Waals surface area contributed by atoms with Crippen LogP contribution in [0.5, 0.6) is 11.5 Å². The van der Waals surface area contributed by atoms with Crippen molar-refractivity contribution >= 4 is 21.6 Å². The minimum atomic E-state index is -3.92. The van der Waals surface area contributed by atoms with Gasteiger partial charge in [-0.2, -0.15) is 0 Å². The molecular formula is C17H17FN2O5S. The van der Waals surface area contributed by atoms with Crippen LogP contribution in [0, 0.1) is 12.7 Å². The van der Waals surface area contributed by atoms with Gasteiger partial charge in [0.05, 0.1) is 11.4 Å². The number of nitrogens with one attached hydrogen (secondary N) is 2. The summed E-state index contributed by atoms with van der Waals surface area (Å²) in [5.74, 6) is 0.0439. The summed E-state index contributed by atoms with van der Waals surface area (Å²) >= 11 is 0. The lowest BCUT2D eigenvalue weighted by Crippen LogP contribution is -2.33. The lowest BCUT2D eigenvalue weighted by Gasteiger charge is -2.19. The van der Waals surface area contributed by atoms with Gasteiger partial charge in [-0.1, -0.05) is 0 Å². The molecule has 0 radical (unpaired) electrons. The van der Waals surface area contributed by atoms with Gasteiger partial charge in [0, 0.05) is 11.8 Å². The van der Waals surface area contributed by atoms with Crippen molar-refractivity contribution < 1.29 is 27.1 Å². The summed E-state index contributed by atoms with van der Waals surface area (Å²) in [6.45, 7) is 1.88. The predicted molar refractivity (Wildman–Crippen MR) is 92.4 cm³/mol. The second-order valence-electron chi connectivity index (χ2n) is 5.64. The average molecular weight is 380 g/mol. The molecule has 9 heteroatoms. The fourth-order valence-electron chi connectivity index (χ4n) is 2.35. The van der Waals surface area contributed by atoms with Crippen LogP contribution in [0.3, 0.4) is 0 Å². The van der Waals surface area contributed by atoms with Gasteiger partial charge < -0.3 is 14.8 Å². The number of fused-ring (bicyclic) bond motifs is 1. The smallest absolute Gasteiger partial charge is 0.241 e. The minimum Gasteiger partial charge on any atom is -0.486 e. The number of anilines is 1. The summed E-state index contributed by atoms with van der Waals surface area (Å²) in [7, 11) is -3.92. The highest BCUT2D eigenvalue weighted by Crippen LogP contribution is 2.32. The van der Waals surface area contributed by atoms with Gasteiger partial charge in [0.15, 0.2) is 11.5 Å². The zero-order chi connectivity index (χ0) is 18.7. The summed E-state index contributed by atoms with van der Waals surface area (Å²) in [5, 5.41) is 2.58. The summed E-state index contributed by atoms with van der Waals surface area (Å²) in [6.07, 6.45) is 0.